The lowest BCUT2D eigenvalue weighted by atomic mass is 9.81. The number of anilines is 1. The van der Waals surface area contributed by atoms with Gasteiger partial charge in [0, 0.05) is 37.3 Å². The van der Waals surface area contributed by atoms with Crippen LogP contribution < -0.4 is 15.6 Å². The number of carbonyl (C=O) groups is 1. The average Bonchev–Trinajstić information content (AvgIpc) is 3.71. The molecule has 2 aliphatic rings. The van der Waals surface area contributed by atoms with Crippen LogP contribution in [0.4, 0.5) is 36.6 Å². The maximum absolute atomic E-state index is 15.2. The smallest absolute Gasteiger partial charge is 0.290 e. The molecule has 0 bridgehead atoms. The SMILES string of the molecule is O=C(NC(F)(C(F)F)C1CC1)c1cn(-c2c(F)cc(F)cc2F)c2nc(N3CC(CO)(CO)C3)c(F)cc2c1=O. The Labute approximate surface area is 220 Å². The van der Waals surface area contributed by atoms with Crippen LogP contribution in [0, 0.1) is 34.6 Å². The number of fused-ring (bicyclic) bond motifs is 1. The number of aromatic nitrogens is 2. The second-order valence-electron chi connectivity index (χ2n) is 10.1. The van der Waals surface area contributed by atoms with Crippen molar-refractivity contribution in [2.45, 2.75) is 25.1 Å². The molecule has 1 unspecified atom stereocenters. The zero-order chi connectivity index (χ0) is 29.1. The third-order valence-corrected chi connectivity index (χ3v) is 7.20. The minimum Gasteiger partial charge on any atom is -0.396 e. The lowest BCUT2D eigenvalue weighted by Gasteiger charge is -2.48. The first kappa shape index (κ1) is 27.8. The molecule has 2 fully saturated rings. The topological polar surface area (TPSA) is 108 Å². The van der Waals surface area contributed by atoms with Crippen LogP contribution in [0.3, 0.4) is 0 Å². The molecule has 0 spiro atoms. The molecule has 214 valence electrons. The van der Waals surface area contributed by atoms with E-state index in [1.165, 1.54) is 10.2 Å². The van der Waals surface area contributed by atoms with E-state index in [0.29, 0.717) is 16.8 Å². The van der Waals surface area contributed by atoms with E-state index in [0.717, 1.165) is 0 Å². The van der Waals surface area contributed by atoms with Gasteiger partial charge >= 0.3 is 0 Å². The molecule has 1 aliphatic carbocycles. The minimum atomic E-state index is -3.67. The van der Waals surface area contributed by atoms with Gasteiger partial charge in [-0.25, -0.2) is 35.7 Å². The summed E-state index contributed by atoms with van der Waals surface area (Å²) in [5.41, 5.74) is -4.99. The van der Waals surface area contributed by atoms with Crippen molar-refractivity contribution < 1.29 is 45.7 Å². The van der Waals surface area contributed by atoms with Gasteiger partial charge in [-0.3, -0.25) is 14.2 Å². The van der Waals surface area contributed by atoms with Crippen LogP contribution >= 0.6 is 0 Å². The highest BCUT2D eigenvalue weighted by Gasteiger charge is 2.54. The molecule has 1 saturated carbocycles. The molecule has 8 nitrogen and oxygen atoms in total. The van der Waals surface area contributed by atoms with Gasteiger partial charge in [0.2, 0.25) is 11.2 Å². The summed E-state index contributed by atoms with van der Waals surface area (Å²) in [5.74, 6) is -12.3. The lowest BCUT2D eigenvalue weighted by Crippen LogP contribution is -2.61. The Balaban J connectivity index is 1.70. The van der Waals surface area contributed by atoms with Crippen molar-refractivity contribution in [1.29, 1.82) is 0 Å². The van der Waals surface area contributed by atoms with Gasteiger partial charge in [0.1, 0.15) is 17.1 Å². The third kappa shape index (κ3) is 4.46. The second kappa shape index (κ2) is 9.73. The monoisotopic (exact) mass is 574 g/mol. The number of nitrogens with zero attached hydrogens (tertiary/aromatic N) is 3. The maximum atomic E-state index is 15.2. The molecule has 1 atom stereocenters. The molecule has 1 saturated heterocycles. The van der Waals surface area contributed by atoms with Gasteiger partial charge < -0.3 is 20.4 Å². The normalized spacial score (nSPS) is 18.1. The summed E-state index contributed by atoms with van der Waals surface area (Å²) in [4.78, 5) is 31.4. The molecule has 2 aromatic heterocycles. The van der Waals surface area contributed by atoms with E-state index >= 15 is 4.39 Å². The molecular weight excluding hydrogens is 553 g/mol. The van der Waals surface area contributed by atoms with Crippen molar-refractivity contribution in [3.63, 3.8) is 0 Å². The number of pyridine rings is 2. The summed E-state index contributed by atoms with van der Waals surface area (Å²) in [5, 5.41) is 19.8. The highest BCUT2D eigenvalue weighted by molar-refractivity contribution is 5.97. The summed E-state index contributed by atoms with van der Waals surface area (Å²) in [7, 11) is 0. The van der Waals surface area contributed by atoms with E-state index in [4.69, 9.17) is 0 Å². The summed E-state index contributed by atoms with van der Waals surface area (Å²) >= 11 is 0. The van der Waals surface area contributed by atoms with Gasteiger partial charge in [-0.1, -0.05) is 0 Å². The number of benzene rings is 1. The quantitative estimate of drug-likeness (QED) is 0.282. The standard InChI is InChI=1S/C25H21F7N4O4/c26-12-3-15(27)18(16(28)4-12)36-6-14(22(40)34-25(32,23(30)31)11-1-2-11)19(39)13-5-17(29)21(33-20(13)36)35-7-24(8-35,9-37)10-38/h3-6,11,23,37-38H,1-2,7-10H2,(H,34,40). The molecule has 5 rings (SSSR count). The van der Waals surface area contributed by atoms with Gasteiger partial charge in [-0.15, -0.1) is 0 Å². The summed E-state index contributed by atoms with van der Waals surface area (Å²) in [6.07, 6.45) is -3.06. The molecule has 3 N–H and O–H groups in total. The van der Waals surface area contributed by atoms with E-state index in [1.54, 1.807) is 0 Å². The molecule has 40 heavy (non-hydrogen) atoms. The number of aliphatic hydroxyl groups is 2. The van der Waals surface area contributed by atoms with Crippen LogP contribution in [0.5, 0.6) is 0 Å². The Morgan fingerprint density at radius 2 is 1.68 bits per heavy atom. The van der Waals surface area contributed by atoms with E-state index in [2.05, 4.69) is 4.98 Å². The highest BCUT2D eigenvalue weighted by atomic mass is 19.3. The predicted octanol–water partition coefficient (Wildman–Crippen LogP) is 2.80. The van der Waals surface area contributed by atoms with Crippen LogP contribution in [0.15, 0.2) is 29.2 Å². The van der Waals surface area contributed by atoms with Crippen molar-refractivity contribution in [2.24, 2.45) is 11.3 Å². The molecule has 3 aromatic rings. The second-order valence-corrected chi connectivity index (χ2v) is 10.1. The van der Waals surface area contributed by atoms with Crippen LogP contribution in [0.2, 0.25) is 0 Å². The lowest BCUT2D eigenvalue weighted by molar-refractivity contribution is -0.0671. The third-order valence-electron chi connectivity index (χ3n) is 7.20. The van der Waals surface area contributed by atoms with Crippen LogP contribution in [0.25, 0.3) is 16.7 Å². The number of aliphatic hydroxyl groups excluding tert-OH is 2. The van der Waals surface area contributed by atoms with Gasteiger partial charge in [0.05, 0.1) is 24.0 Å². The van der Waals surface area contributed by atoms with Crippen molar-refractivity contribution >= 4 is 22.8 Å². The zero-order valence-electron chi connectivity index (χ0n) is 20.4. The van der Waals surface area contributed by atoms with E-state index in [9.17, 15) is 46.1 Å². The molecule has 15 heteroatoms. The van der Waals surface area contributed by atoms with Gasteiger partial charge in [-0.2, -0.15) is 0 Å². The molecule has 1 aromatic carbocycles. The number of alkyl halides is 3. The van der Waals surface area contributed by atoms with Gasteiger partial charge in [-0.05, 0) is 18.9 Å². The van der Waals surface area contributed by atoms with E-state index < -0.39 is 99.5 Å². The fraction of sp³-hybridized carbons (Fsp3) is 0.400. The number of nitrogens with one attached hydrogen (secondary N) is 1. The van der Waals surface area contributed by atoms with Crippen molar-refractivity contribution in [2.75, 3.05) is 31.2 Å². The number of hydrogen-bond acceptors (Lipinski definition) is 6. The Morgan fingerprint density at radius 1 is 1.07 bits per heavy atom. The van der Waals surface area contributed by atoms with Crippen LogP contribution in [0.1, 0.15) is 23.2 Å². The van der Waals surface area contributed by atoms with Gasteiger partial charge in [0.15, 0.2) is 28.9 Å². The minimum absolute atomic E-state index is 0.0390. The first-order valence-electron chi connectivity index (χ1n) is 12.0. The van der Waals surface area contributed by atoms with E-state index in [-0.39, 0.29) is 38.1 Å². The largest absolute Gasteiger partial charge is 0.396 e. The van der Waals surface area contributed by atoms with Crippen LogP contribution in [-0.4, -0.2) is 64.2 Å². The average molecular weight is 574 g/mol. The van der Waals surface area contributed by atoms with Crippen molar-refractivity contribution in [1.82, 2.24) is 14.9 Å². The Kier molecular flexibility index (Phi) is 6.77. The number of amides is 1. The van der Waals surface area contributed by atoms with Crippen LogP contribution in [-0.2, 0) is 0 Å². The highest BCUT2D eigenvalue weighted by Crippen LogP contribution is 2.44. The fourth-order valence-electron chi connectivity index (χ4n) is 4.78. The Morgan fingerprint density at radius 3 is 2.20 bits per heavy atom. The van der Waals surface area contributed by atoms with Gasteiger partial charge in [0.25, 0.3) is 12.3 Å². The number of hydrogen-bond donors (Lipinski definition) is 3. The Hall–Kier alpha value is -3.72. The molecule has 1 aliphatic heterocycles. The van der Waals surface area contributed by atoms with Crippen molar-refractivity contribution in [3.05, 3.63) is 63.5 Å². The number of rotatable bonds is 8. The summed E-state index contributed by atoms with van der Waals surface area (Å²) < 4.78 is 101. The zero-order valence-corrected chi connectivity index (χ0v) is 20.4. The number of carbonyl (C=O) groups excluding carboxylic acids is 1. The predicted molar refractivity (Wildman–Crippen MR) is 126 cm³/mol. The molecule has 3 heterocycles. The molecule has 0 radical (unpaired) electrons. The van der Waals surface area contributed by atoms with E-state index in [1.807, 2.05) is 0 Å². The maximum Gasteiger partial charge on any atom is 0.290 e. The first-order chi connectivity index (χ1) is 18.8. The van der Waals surface area contributed by atoms with Crippen molar-refractivity contribution in [3.8, 4) is 5.69 Å². The Bertz CT molecular complexity index is 1540. The molecule has 1 amide bonds. The summed E-state index contributed by atoms with van der Waals surface area (Å²) in [6.45, 7) is -1.04. The first-order valence-corrected chi connectivity index (χ1v) is 12.0. The summed E-state index contributed by atoms with van der Waals surface area (Å²) in [6, 6.07) is 1.17. The molecular formula is C25H21F7N4O4. The fourth-order valence-corrected chi connectivity index (χ4v) is 4.78. The number of halogens is 7.